The molecule has 1 fully saturated rings. The SMILES string of the molecule is CCn1nc(C)c(S(=O)(=O)N(C)C2CC(C(=O)O)C2)c1C. The summed E-state index contributed by atoms with van der Waals surface area (Å²) in [4.78, 5) is 11.1. The summed E-state index contributed by atoms with van der Waals surface area (Å²) in [5.41, 5.74) is 1.10. The predicted octanol–water partition coefficient (Wildman–Crippen LogP) is 1.00. The van der Waals surface area contributed by atoms with Crippen LogP contribution in [0.3, 0.4) is 0 Å². The second kappa shape index (κ2) is 5.42. The van der Waals surface area contributed by atoms with E-state index < -0.39 is 21.9 Å². The largest absolute Gasteiger partial charge is 0.481 e. The summed E-state index contributed by atoms with van der Waals surface area (Å²) in [5.74, 6) is -1.29. The van der Waals surface area contributed by atoms with E-state index in [1.54, 1.807) is 18.5 Å². The Balaban J connectivity index is 2.27. The fourth-order valence-electron chi connectivity index (χ4n) is 2.79. The number of carboxylic acid groups (broad SMARTS) is 1. The van der Waals surface area contributed by atoms with Crippen molar-refractivity contribution in [2.75, 3.05) is 7.05 Å². The molecular formula is C13H21N3O4S. The summed E-state index contributed by atoms with van der Waals surface area (Å²) < 4.78 is 28.4. The van der Waals surface area contributed by atoms with Crippen molar-refractivity contribution >= 4 is 16.0 Å². The van der Waals surface area contributed by atoms with Gasteiger partial charge in [-0.05, 0) is 33.6 Å². The Kier molecular flexibility index (Phi) is 4.12. The minimum atomic E-state index is -3.64. The molecule has 0 atom stereocenters. The highest BCUT2D eigenvalue weighted by Gasteiger charge is 2.42. The van der Waals surface area contributed by atoms with E-state index in [-0.39, 0.29) is 10.9 Å². The van der Waals surface area contributed by atoms with E-state index in [1.165, 1.54) is 11.4 Å². The smallest absolute Gasteiger partial charge is 0.306 e. The number of nitrogens with zero attached hydrogens (tertiary/aromatic N) is 3. The lowest BCUT2D eigenvalue weighted by Crippen LogP contribution is -2.47. The summed E-state index contributed by atoms with van der Waals surface area (Å²) in [6.45, 7) is 5.94. The van der Waals surface area contributed by atoms with Crippen LogP contribution < -0.4 is 0 Å². The Morgan fingerprint density at radius 1 is 1.43 bits per heavy atom. The molecule has 1 N–H and O–H groups in total. The van der Waals surface area contributed by atoms with Crippen LogP contribution in [0, 0.1) is 19.8 Å². The van der Waals surface area contributed by atoms with Crippen LogP contribution in [0.1, 0.15) is 31.2 Å². The molecule has 1 heterocycles. The van der Waals surface area contributed by atoms with Gasteiger partial charge < -0.3 is 5.11 Å². The van der Waals surface area contributed by atoms with Crippen molar-refractivity contribution in [1.82, 2.24) is 14.1 Å². The minimum absolute atomic E-state index is 0.241. The van der Waals surface area contributed by atoms with Crippen LogP contribution in [0.25, 0.3) is 0 Å². The van der Waals surface area contributed by atoms with Crippen LogP contribution in [0.15, 0.2) is 4.90 Å². The van der Waals surface area contributed by atoms with Crippen molar-refractivity contribution in [1.29, 1.82) is 0 Å². The number of aliphatic carboxylic acids is 1. The highest BCUT2D eigenvalue weighted by atomic mass is 32.2. The molecule has 0 aromatic carbocycles. The zero-order chi connectivity index (χ0) is 15.9. The predicted molar refractivity (Wildman–Crippen MR) is 76.5 cm³/mol. The summed E-state index contributed by atoms with van der Waals surface area (Å²) in [6, 6.07) is -0.250. The molecule has 1 saturated carbocycles. The molecule has 1 aromatic heterocycles. The third-order valence-electron chi connectivity index (χ3n) is 4.23. The van der Waals surface area contributed by atoms with Gasteiger partial charge in [0.25, 0.3) is 0 Å². The van der Waals surface area contributed by atoms with Gasteiger partial charge in [-0.3, -0.25) is 9.48 Å². The highest BCUT2D eigenvalue weighted by molar-refractivity contribution is 7.89. The standard InChI is InChI=1S/C13H21N3O4S/c1-5-16-9(3)12(8(2)14-16)21(19,20)15(4)11-6-10(7-11)13(17)18/h10-11H,5-7H2,1-4H3,(H,17,18). The van der Waals surface area contributed by atoms with Crippen LogP contribution in [0.4, 0.5) is 0 Å². The maximum Gasteiger partial charge on any atom is 0.306 e. The first kappa shape index (κ1) is 16.0. The van der Waals surface area contributed by atoms with E-state index in [0.29, 0.717) is 30.8 Å². The first-order valence-electron chi connectivity index (χ1n) is 6.95. The van der Waals surface area contributed by atoms with Crippen molar-refractivity contribution in [2.24, 2.45) is 5.92 Å². The van der Waals surface area contributed by atoms with Crippen molar-refractivity contribution in [2.45, 2.75) is 51.1 Å². The van der Waals surface area contributed by atoms with E-state index in [4.69, 9.17) is 5.11 Å². The topological polar surface area (TPSA) is 92.5 Å². The number of aromatic nitrogens is 2. The van der Waals surface area contributed by atoms with Gasteiger partial charge >= 0.3 is 5.97 Å². The van der Waals surface area contributed by atoms with Crippen molar-refractivity contribution in [3.8, 4) is 0 Å². The Labute approximate surface area is 124 Å². The third kappa shape index (κ3) is 2.57. The van der Waals surface area contributed by atoms with Crippen molar-refractivity contribution in [3.05, 3.63) is 11.4 Å². The van der Waals surface area contributed by atoms with Crippen molar-refractivity contribution in [3.63, 3.8) is 0 Å². The molecule has 0 radical (unpaired) electrons. The van der Waals surface area contributed by atoms with E-state index >= 15 is 0 Å². The van der Waals surface area contributed by atoms with Gasteiger partial charge in [-0.15, -0.1) is 0 Å². The molecule has 21 heavy (non-hydrogen) atoms. The van der Waals surface area contributed by atoms with Gasteiger partial charge in [0.1, 0.15) is 4.90 Å². The molecule has 1 aliphatic carbocycles. The summed E-state index contributed by atoms with van der Waals surface area (Å²) in [6.07, 6.45) is 0.732. The van der Waals surface area contributed by atoms with E-state index in [0.717, 1.165) is 0 Å². The molecule has 0 saturated heterocycles. The number of rotatable bonds is 5. The van der Waals surface area contributed by atoms with Gasteiger partial charge in [0.15, 0.2) is 0 Å². The van der Waals surface area contributed by atoms with Crippen LogP contribution in [-0.2, 0) is 21.4 Å². The second-order valence-electron chi connectivity index (χ2n) is 5.50. The van der Waals surface area contributed by atoms with Crippen LogP contribution >= 0.6 is 0 Å². The van der Waals surface area contributed by atoms with E-state index in [2.05, 4.69) is 5.10 Å². The molecule has 1 aliphatic rings. The zero-order valence-corrected chi connectivity index (χ0v) is 13.5. The lowest BCUT2D eigenvalue weighted by molar-refractivity contribution is -0.146. The number of sulfonamides is 1. The van der Waals surface area contributed by atoms with Gasteiger partial charge in [-0.1, -0.05) is 0 Å². The van der Waals surface area contributed by atoms with E-state index in [1.807, 2.05) is 6.92 Å². The van der Waals surface area contributed by atoms with Crippen molar-refractivity contribution < 1.29 is 18.3 Å². The quantitative estimate of drug-likeness (QED) is 0.875. The number of carbonyl (C=O) groups is 1. The number of hydrogen-bond donors (Lipinski definition) is 1. The first-order valence-corrected chi connectivity index (χ1v) is 8.39. The molecule has 0 unspecified atom stereocenters. The van der Waals surface area contributed by atoms with E-state index in [9.17, 15) is 13.2 Å². The highest BCUT2D eigenvalue weighted by Crippen LogP contribution is 2.35. The third-order valence-corrected chi connectivity index (χ3v) is 6.39. The molecule has 8 heteroatoms. The lowest BCUT2D eigenvalue weighted by Gasteiger charge is -2.38. The minimum Gasteiger partial charge on any atom is -0.481 e. The fourth-order valence-corrected chi connectivity index (χ4v) is 4.53. The molecule has 0 bridgehead atoms. The lowest BCUT2D eigenvalue weighted by atomic mass is 9.80. The summed E-state index contributed by atoms with van der Waals surface area (Å²) in [7, 11) is -2.13. The Bertz CT molecular complexity index is 659. The Hall–Kier alpha value is -1.41. The Morgan fingerprint density at radius 2 is 2.00 bits per heavy atom. The van der Waals surface area contributed by atoms with Crippen LogP contribution in [-0.4, -0.2) is 46.7 Å². The second-order valence-corrected chi connectivity index (χ2v) is 7.43. The average Bonchev–Trinajstić information content (AvgIpc) is 2.61. The molecule has 0 amide bonds. The van der Waals surface area contributed by atoms with Gasteiger partial charge in [-0.2, -0.15) is 9.40 Å². The molecule has 1 aromatic rings. The maximum atomic E-state index is 12.7. The Morgan fingerprint density at radius 3 is 2.43 bits per heavy atom. The molecule has 0 spiro atoms. The number of aryl methyl sites for hydroxylation is 2. The van der Waals surface area contributed by atoms with Gasteiger partial charge in [0.05, 0.1) is 17.3 Å². The van der Waals surface area contributed by atoms with Gasteiger partial charge in [0.2, 0.25) is 10.0 Å². The normalized spacial score (nSPS) is 22.3. The maximum absolute atomic E-state index is 12.7. The molecule has 118 valence electrons. The number of hydrogen-bond acceptors (Lipinski definition) is 4. The summed E-state index contributed by atoms with van der Waals surface area (Å²) >= 11 is 0. The average molecular weight is 315 g/mol. The monoisotopic (exact) mass is 315 g/mol. The first-order chi connectivity index (χ1) is 9.70. The number of carboxylic acids is 1. The van der Waals surface area contributed by atoms with Gasteiger partial charge in [0, 0.05) is 19.6 Å². The fraction of sp³-hybridized carbons (Fsp3) is 0.692. The summed E-state index contributed by atoms with van der Waals surface area (Å²) in [5, 5.41) is 13.1. The van der Waals surface area contributed by atoms with Crippen LogP contribution in [0.5, 0.6) is 0 Å². The molecule has 0 aliphatic heterocycles. The zero-order valence-electron chi connectivity index (χ0n) is 12.7. The van der Waals surface area contributed by atoms with Crippen LogP contribution in [0.2, 0.25) is 0 Å². The molecule has 7 nitrogen and oxygen atoms in total. The molecular weight excluding hydrogens is 294 g/mol. The molecule has 2 rings (SSSR count). The van der Waals surface area contributed by atoms with Gasteiger partial charge in [-0.25, -0.2) is 8.42 Å².